The molecule has 0 bridgehead atoms. The molecule has 126 valence electrons. The number of rotatable bonds is 3. The largest absolute Gasteiger partial charge is 0.389 e. The van der Waals surface area contributed by atoms with Crippen molar-refractivity contribution < 1.29 is 19.4 Å². The van der Waals surface area contributed by atoms with Crippen LogP contribution in [0.4, 0.5) is 0 Å². The summed E-state index contributed by atoms with van der Waals surface area (Å²) in [7, 11) is 2.03. The molecule has 2 heterocycles. The molecule has 0 spiro atoms. The zero-order chi connectivity index (χ0) is 15.5. The van der Waals surface area contributed by atoms with E-state index in [2.05, 4.69) is 10.2 Å². The molecule has 2 N–H and O–H groups in total. The molecule has 0 aromatic carbocycles. The monoisotopic (exact) mass is 312 g/mol. The molecular weight excluding hydrogens is 284 g/mol. The van der Waals surface area contributed by atoms with Crippen LogP contribution in [0.25, 0.3) is 0 Å². The zero-order valence-corrected chi connectivity index (χ0v) is 13.4. The molecule has 22 heavy (non-hydrogen) atoms. The second-order valence-corrected chi connectivity index (χ2v) is 6.97. The molecule has 2 aliphatic heterocycles. The average Bonchev–Trinajstić information content (AvgIpc) is 2.41. The third-order valence-corrected chi connectivity index (χ3v) is 5.12. The summed E-state index contributed by atoms with van der Waals surface area (Å²) in [6, 6.07) is 0.655. The Hall–Kier alpha value is -0.690. The predicted molar refractivity (Wildman–Crippen MR) is 81.5 cm³/mol. The van der Waals surface area contributed by atoms with Gasteiger partial charge in [-0.15, -0.1) is 0 Å². The van der Waals surface area contributed by atoms with Crippen LogP contribution < -0.4 is 5.32 Å². The summed E-state index contributed by atoms with van der Waals surface area (Å²) in [5.41, 5.74) is 0. The van der Waals surface area contributed by atoms with E-state index < -0.39 is 6.10 Å². The number of amides is 1. The van der Waals surface area contributed by atoms with E-state index in [-0.39, 0.29) is 24.2 Å². The molecule has 0 aromatic heterocycles. The fraction of sp³-hybridized carbons (Fsp3) is 0.938. The quantitative estimate of drug-likeness (QED) is 0.783. The fourth-order valence-corrected chi connectivity index (χ4v) is 3.64. The number of carbonyl (C=O) groups excluding carboxylic acids is 1. The molecule has 3 aliphatic rings. The first-order valence-corrected chi connectivity index (χ1v) is 8.52. The summed E-state index contributed by atoms with van der Waals surface area (Å²) in [6.45, 7) is 1.45. The van der Waals surface area contributed by atoms with Crippen molar-refractivity contribution in [2.45, 2.75) is 68.9 Å². The highest BCUT2D eigenvalue weighted by Crippen LogP contribution is 2.27. The van der Waals surface area contributed by atoms with Crippen LogP contribution in [0.2, 0.25) is 0 Å². The van der Waals surface area contributed by atoms with E-state index in [1.807, 2.05) is 7.05 Å². The van der Waals surface area contributed by atoms with Crippen LogP contribution in [0.15, 0.2) is 0 Å². The third kappa shape index (κ3) is 3.98. The van der Waals surface area contributed by atoms with Gasteiger partial charge in [0.25, 0.3) is 0 Å². The minimum atomic E-state index is -0.433. The van der Waals surface area contributed by atoms with Gasteiger partial charge in [0.15, 0.2) is 0 Å². The number of ether oxygens (including phenoxy) is 2. The Bertz CT molecular complexity index is 388. The van der Waals surface area contributed by atoms with E-state index in [0.29, 0.717) is 32.2 Å². The van der Waals surface area contributed by atoms with Gasteiger partial charge in [-0.3, -0.25) is 9.69 Å². The Kier molecular flexibility index (Phi) is 5.33. The van der Waals surface area contributed by atoms with E-state index in [0.717, 1.165) is 25.7 Å². The summed E-state index contributed by atoms with van der Waals surface area (Å²) >= 11 is 0. The Morgan fingerprint density at radius 2 is 2.09 bits per heavy atom. The second kappa shape index (κ2) is 7.25. The van der Waals surface area contributed by atoms with Crippen molar-refractivity contribution in [3.05, 3.63) is 0 Å². The molecule has 1 amide bonds. The lowest BCUT2D eigenvalue weighted by molar-refractivity contribution is -0.153. The van der Waals surface area contributed by atoms with E-state index in [1.54, 1.807) is 0 Å². The molecule has 0 unspecified atom stereocenters. The molecule has 0 aromatic rings. The molecule has 6 nitrogen and oxygen atoms in total. The molecule has 3 fully saturated rings. The smallest absolute Gasteiger partial charge is 0.222 e. The molecule has 4 atom stereocenters. The van der Waals surface area contributed by atoms with Crippen LogP contribution in [-0.2, 0) is 14.3 Å². The topological polar surface area (TPSA) is 71.0 Å². The van der Waals surface area contributed by atoms with Gasteiger partial charge in [-0.05, 0) is 39.2 Å². The van der Waals surface area contributed by atoms with Crippen LogP contribution in [-0.4, -0.2) is 73.1 Å². The first-order chi connectivity index (χ1) is 10.6. The zero-order valence-electron chi connectivity index (χ0n) is 13.4. The van der Waals surface area contributed by atoms with E-state index in [9.17, 15) is 9.90 Å². The minimum Gasteiger partial charge on any atom is -0.389 e. The van der Waals surface area contributed by atoms with Crippen molar-refractivity contribution in [3.63, 3.8) is 0 Å². The predicted octanol–water partition coefficient (Wildman–Crippen LogP) is 0.284. The fourth-order valence-electron chi connectivity index (χ4n) is 3.64. The van der Waals surface area contributed by atoms with Gasteiger partial charge in [-0.25, -0.2) is 0 Å². The van der Waals surface area contributed by atoms with Gasteiger partial charge in [-0.2, -0.15) is 0 Å². The van der Waals surface area contributed by atoms with Gasteiger partial charge < -0.3 is 19.9 Å². The van der Waals surface area contributed by atoms with Gasteiger partial charge in [0.1, 0.15) is 0 Å². The summed E-state index contributed by atoms with van der Waals surface area (Å²) < 4.78 is 11.7. The standard InChI is InChI=1S/C16H28N2O4/c1-18-8-12(19)9-21-10-15-14(18)6-5-13(22-15)7-16(20)17-11-3-2-4-11/h11-15,19H,2-10H2,1H3,(H,17,20)/t12-,13-,14-,15+/m0/s1. The van der Waals surface area contributed by atoms with Gasteiger partial charge >= 0.3 is 0 Å². The maximum atomic E-state index is 12.0. The summed E-state index contributed by atoms with van der Waals surface area (Å²) in [5, 5.41) is 12.9. The molecule has 6 heteroatoms. The van der Waals surface area contributed by atoms with Crippen molar-refractivity contribution in [1.29, 1.82) is 0 Å². The van der Waals surface area contributed by atoms with Crippen LogP contribution >= 0.6 is 0 Å². The minimum absolute atomic E-state index is 0.00671. The molecule has 1 aliphatic carbocycles. The Morgan fingerprint density at radius 1 is 1.27 bits per heavy atom. The molecular formula is C16H28N2O4. The van der Waals surface area contributed by atoms with Gasteiger partial charge in [-0.1, -0.05) is 0 Å². The molecule has 0 radical (unpaired) electrons. The van der Waals surface area contributed by atoms with Crippen LogP contribution in [0, 0.1) is 0 Å². The van der Waals surface area contributed by atoms with E-state index in [4.69, 9.17) is 9.47 Å². The van der Waals surface area contributed by atoms with Crippen LogP contribution in [0.1, 0.15) is 38.5 Å². The SMILES string of the molecule is CN1C[C@H](O)COC[C@H]2O[C@H](CC(=O)NC3CCC3)CC[C@@H]21. The number of fused-ring (bicyclic) bond motifs is 1. The summed E-state index contributed by atoms with van der Waals surface area (Å²) in [6.07, 6.45) is 5.33. The first-order valence-electron chi connectivity index (χ1n) is 8.52. The lowest BCUT2D eigenvalue weighted by Gasteiger charge is -2.43. The van der Waals surface area contributed by atoms with Crippen molar-refractivity contribution >= 4 is 5.91 Å². The van der Waals surface area contributed by atoms with Crippen molar-refractivity contribution in [2.75, 3.05) is 26.8 Å². The number of nitrogens with zero attached hydrogens (tertiary/aromatic N) is 1. The highest BCUT2D eigenvalue weighted by Gasteiger charge is 2.36. The number of hydrogen-bond acceptors (Lipinski definition) is 5. The first kappa shape index (κ1) is 16.2. The normalized spacial score (nSPS) is 37.5. The molecule has 2 saturated heterocycles. The number of aliphatic hydroxyl groups is 1. The third-order valence-electron chi connectivity index (χ3n) is 5.12. The average molecular weight is 312 g/mol. The van der Waals surface area contributed by atoms with Gasteiger partial charge in [0.2, 0.25) is 5.91 Å². The summed E-state index contributed by atoms with van der Waals surface area (Å²) in [5.74, 6) is 0.115. The van der Waals surface area contributed by atoms with E-state index >= 15 is 0 Å². The second-order valence-electron chi connectivity index (χ2n) is 6.97. The van der Waals surface area contributed by atoms with Gasteiger partial charge in [0, 0.05) is 18.6 Å². The summed E-state index contributed by atoms with van der Waals surface area (Å²) in [4.78, 5) is 14.2. The lowest BCUT2D eigenvalue weighted by atomic mass is 9.92. The molecule has 1 saturated carbocycles. The number of hydrogen-bond donors (Lipinski definition) is 2. The maximum Gasteiger partial charge on any atom is 0.222 e. The van der Waals surface area contributed by atoms with Gasteiger partial charge in [0.05, 0.1) is 37.9 Å². The number of carbonyl (C=O) groups is 1. The highest BCUT2D eigenvalue weighted by molar-refractivity contribution is 5.76. The number of β-amino-alcohol motifs (C(OH)–C–C–N with tert-alkyl or cyclic N) is 1. The lowest BCUT2D eigenvalue weighted by Crippen LogP contribution is -2.54. The van der Waals surface area contributed by atoms with Crippen LogP contribution in [0.3, 0.4) is 0 Å². The molecule has 3 rings (SSSR count). The Labute approximate surface area is 132 Å². The van der Waals surface area contributed by atoms with E-state index in [1.165, 1.54) is 6.42 Å². The maximum absolute atomic E-state index is 12.0. The Balaban J connectivity index is 1.49. The van der Waals surface area contributed by atoms with Crippen molar-refractivity contribution in [2.24, 2.45) is 0 Å². The van der Waals surface area contributed by atoms with Crippen LogP contribution in [0.5, 0.6) is 0 Å². The number of likely N-dealkylation sites (N-methyl/N-ethyl adjacent to an activating group) is 1. The Morgan fingerprint density at radius 3 is 2.82 bits per heavy atom. The van der Waals surface area contributed by atoms with Crippen molar-refractivity contribution in [3.8, 4) is 0 Å². The number of nitrogens with one attached hydrogen (secondary N) is 1. The van der Waals surface area contributed by atoms with Crippen molar-refractivity contribution in [1.82, 2.24) is 10.2 Å². The number of aliphatic hydroxyl groups excluding tert-OH is 1. The highest BCUT2D eigenvalue weighted by atomic mass is 16.5.